The summed E-state index contributed by atoms with van der Waals surface area (Å²) in [6.45, 7) is 1.53. The summed E-state index contributed by atoms with van der Waals surface area (Å²) in [7, 11) is 1.48. The fourth-order valence-corrected chi connectivity index (χ4v) is 1.26. The van der Waals surface area contributed by atoms with E-state index >= 15 is 0 Å². The Morgan fingerprint density at radius 2 is 1.94 bits per heavy atom. The molecule has 0 radical (unpaired) electrons. The maximum absolute atomic E-state index is 11.7. The van der Waals surface area contributed by atoms with Gasteiger partial charge in [-0.1, -0.05) is 25.1 Å². The first-order chi connectivity index (χ1) is 8.67. The molecular weight excluding hydrogens is 234 g/mol. The van der Waals surface area contributed by atoms with Crippen molar-refractivity contribution in [1.82, 2.24) is 5.32 Å². The number of hydrogen-bond acceptors (Lipinski definition) is 4. The van der Waals surface area contributed by atoms with Crippen molar-refractivity contribution in [3.8, 4) is 5.75 Å². The fraction of sp³-hybridized carbons (Fsp3) is 0.385. The average Bonchev–Trinajstić information content (AvgIpc) is 2.42. The molecule has 5 nitrogen and oxygen atoms in total. The highest BCUT2D eigenvalue weighted by molar-refractivity contribution is 5.81. The van der Waals surface area contributed by atoms with E-state index in [1.54, 1.807) is 12.1 Å². The molecule has 1 rings (SSSR count). The number of rotatable bonds is 6. The number of benzene rings is 1. The molecule has 1 N–H and O–H groups in total. The standard InChI is InChI=1S/C13H17NO4/c1-3-11(13(16)17-9-12(15)14-2)18-10-7-5-4-6-8-10/h4-8,11H,3,9H2,1-2H3,(H,14,15)/t11-/m0/s1. The zero-order valence-electron chi connectivity index (χ0n) is 10.5. The minimum absolute atomic E-state index is 0.288. The van der Waals surface area contributed by atoms with Gasteiger partial charge in [0.05, 0.1) is 0 Å². The van der Waals surface area contributed by atoms with Crippen molar-refractivity contribution in [1.29, 1.82) is 0 Å². The summed E-state index contributed by atoms with van der Waals surface area (Å²) in [5.41, 5.74) is 0. The van der Waals surface area contributed by atoms with Crippen molar-refractivity contribution < 1.29 is 19.1 Å². The minimum Gasteiger partial charge on any atom is -0.479 e. The summed E-state index contributed by atoms with van der Waals surface area (Å²) < 4.78 is 10.3. The normalized spacial score (nSPS) is 11.4. The van der Waals surface area contributed by atoms with Gasteiger partial charge in [-0.25, -0.2) is 4.79 Å². The van der Waals surface area contributed by atoms with Gasteiger partial charge in [-0.3, -0.25) is 4.79 Å². The monoisotopic (exact) mass is 251 g/mol. The number of esters is 1. The number of nitrogens with one attached hydrogen (secondary N) is 1. The molecule has 1 amide bonds. The molecule has 0 heterocycles. The van der Waals surface area contributed by atoms with Crippen molar-refractivity contribution in [2.75, 3.05) is 13.7 Å². The topological polar surface area (TPSA) is 64.6 Å². The second kappa shape index (κ2) is 7.32. The lowest BCUT2D eigenvalue weighted by atomic mass is 10.2. The summed E-state index contributed by atoms with van der Waals surface area (Å²) in [5.74, 6) is -0.288. The molecule has 98 valence electrons. The lowest BCUT2D eigenvalue weighted by Gasteiger charge is -2.16. The number of ether oxygens (including phenoxy) is 2. The molecule has 1 aromatic carbocycles. The first-order valence-corrected chi connectivity index (χ1v) is 5.76. The Morgan fingerprint density at radius 1 is 1.28 bits per heavy atom. The summed E-state index contributed by atoms with van der Waals surface area (Å²) in [5, 5.41) is 2.37. The van der Waals surface area contributed by atoms with E-state index in [2.05, 4.69) is 5.32 Å². The predicted molar refractivity (Wildman–Crippen MR) is 66.2 cm³/mol. The van der Waals surface area contributed by atoms with Crippen LogP contribution in [0.1, 0.15) is 13.3 Å². The van der Waals surface area contributed by atoms with Crippen LogP contribution in [0.15, 0.2) is 30.3 Å². The van der Waals surface area contributed by atoms with Crippen LogP contribution >= 0.6 is 0 Å². The highest BCUT2D eigenvalue weighted by Gasteiger charge is 2.20. The van der Waals surface area contributed by atoms with E-state index < -0.39 is 12.1 Å². The van der Waals surface area contributed by atoms with Crippen molar-refractivity contribution >= 4 is 11.9 Å². The van der Waals surface area contributed by atoms with Crippen LogP contribution in [0.25, 0.3) is 0 Å². The van der Waals surface area contributed by atoms with Gasteiger partial charge in [0, 0.05) is 7.05 Å². The van der Waals surface area contributed by atoms with Gasteiger partial charge in [-0.15, -0.1) is 0 Å². The van der Waals surface area contributed by atoms with Crippen LogP contribution in [0.5, 0.6) is 5.75 Å². The zero-order chi connectivity index (χ0) is 13.4. The SMILES string of the molecule is CC[C@H](Oc1ccccc1)C(=O)OCC(=O)NC. The smallest absolute Gasteiger partial charge is 0.347 e. The number of carbonyl (C=O) groups is 2. The highest BCUT2D eigenvalue weighted by atomic mass is 16.6. The van der Waals surface area contributed by atoms with Crippen LogP contribution in [0.4, 0.5) is 0 Å². The molecule has 0 aromatic heterocycles. The zero-order valence-corrected chi connectivity index (χ0v) is 10.5. The van der Waals surface area contributed by atoms with Crippen molar-refractivity contribution in [3.63, 3.8) is 0 Å². The molecular formula is C13H17NO4. The minimum atomic E-state index is -0.697. The second-order valence-electron chi connectivity index (χ2n) is 3.61. The quantitative estimate of drug-likeness (QED) is 0.770. The second-order valence-corrected chi connectivity index (χ2v) is 3.61. The van der Waals surface area contributed by atoms with Gasteiger partial charge in [-0.2, -0.15) is 0 Å². The summed E-state index contributed by atoms with van der Waals surface area (Å²) in [4.78, 5) is 22.6. The van der Waals surface area contributed by atoms with Crippen LogP contribution in [0, 0.1) is 0 Å². The number of hydrogen-bond donors (Lipinski definition) is 1. The van der Waals surface area contributed by atoms with Crippen molar-refractivity contribution in [2.45, 2.75) is 19.4 Å². The van der Waals surface area contributed by atoms with E-state index in [9.17, 15) is 9.59 Å². The molecule has 0 aliphatic carbocycles. The summed E-state index contributed by atoms with van der Waals surface area (Å²) in [6, 6.07) is 9.01. The van der Waals surface area contributed by atoms with E-state index in [1.807, 2.05) is 25.1 Å². The Hall–Kier alpha value is -2.04. The molecule has 0 saturated heterocycles. The van der Waals surface area contributed by atoms with Crippen molar-refractivity contribution in [3.05, 3.63) is 30.3 Å². The third-order valence-electron chi connectivity index (χ3n) is 2.28. The lowest BCUT2D eigenvalue weighted by Crippen LogP contribution is -2.32. The molecule has 0 unspecified atom stereocenters. The largest absolute Gasteiger partial charge is 0.479 e. The van der Waals surface area contributed by atoms with Crippen LogP contribution in [-0.2, 0) is 14.3 Å². The van der Waals surface area contributed by atoms with Gasteiger partial charge < -0.3 is 14.8 Å². The maximum atomic E-state index is 11.7. The summed E-state index contributed by atoms with van der Waals surface area (Å²) in [6.07, 6.45) is -0.223. The van der Waals surface area contributed by atoms with Crippen LogP contribution in [0.3, 0.4) is 0 Å². The average molecular weight is 251 g/mol. The lowest BCUT2D eigenvalue weighted by molar-refractivity contribution is -0.155. The molecule has 0 aliphatic rings. The van der Waals surface area contributed by atoms with E-state index in [0.29, 0.717) is 12.2 Å². The highest BCUT2D eigenvalue weighted by Crippen LogP contribution is 2.13. The number of carbonyl (C=O) groups excluding carboxylic acids is 2. The fourth-order valence-electron chi connectivity index (χ4n) is 1.26. The Bertz CT molecular complexity index is 391. The van der Waals surface area contributed by atoms with Gasteiger partial charge >= 0.3 is 5.97 Å². The molecule has 1 aromatic rings. The van der Waals surface area contributed by atoms with Gasteiger partial charge in [0.25, 0.3) is 5.91 Å². The molecule has 18 heavy (non-hydrogen) atoms. The Morgan fingerprint density at radius 3 is 2.50 bits per heavy atom. The molecule has 0 aliphatic heterocycles. The molecule has 0 saturated carbocycles. The van der Waals surface area contributed by atoms with Crippen LogP contribution < -0.4 is 10.1 Å². The number of para-hydroxylation sites is 1. The number of amides is 1. The van der Waals surface area contributed by atoms with Gasteiger partial charge in [0.1, 0.15) is 5.75 Å². The van der Waals surface area contributed by atoms with E-state index in [-0.39, 0.29) is 12.5 Å². The van der Waals surface area contributed by atoms with E-state index in [4.69, 9.17) is 9.47 Å². The Balaban J connectivity index is 2.50. The van der Waals surface area contributed by atoms with Gasteiger partial charge in [0.15, 0.2) is 12.7 Å². The molecule has 1 atom stereocenters. The Labute approximate surface area is 106 Å². The van der Waals surface area contributed by atoms with Crippen molar-refractivity contribution in [2.24, 2.45) is 0 Å². The third-order valence-corrected chi connectivity index (χ3v) is 2.28. The van der Waals surface area contributed by atoms with Gasteiger partial charge in [0.2, 0.25) is 0 Å². The third kappa shape index (κ3) is 4.45. The molecule has 5 heteroatoms. The number of likely N-dealkylation sites (N-methyl/N-ethyl adjacent to an activating group) is 1. The first kappa shape index (κ1) is 14.0. The summed E-state index contributed by atoms with van der Waals surface area (Å²) >= 11 is 0. The molecule has 0 bridgehead atoms. The van der Waals surface area contributed by atoms with Crippen LogP contribution in [-0.4, -0.2) is 31.6 Å². The Kier molecular flexibility index (Phi) is 5.70. The van der Waals surface area contributed by atoms with E-state index in [0.717, 1.165) is 0 Å². The first-order valence-electron chi connectivity index (χ1n) is 5.76. The van der Waals surface area contributed by atoms with Gasteiger partial charge in [-0.05, 0) is 18.6 Å². The molecule has 0 spiro atoms. The molecule has 0 fully saturated rings. The predicted octanol–water partition coefficient (Wildman–Crippen LogP) is 1.13. The maximum Gasteiger partial charge on any atom is 0.347 e. The van der Waals surface area contributed by atoms with Crippen LogP contribution in [0.2, 0.25) is 0 Å². The van der Waals surface area contributed by atoms with E-state index in [1.165, 1.54) is 7.05 Å².